The van der Waals surface area contributed by atoms with Crippen molar-refractivity contribution in [2.75, 3.05) is 7.05 Å². The number of nitrogens with zero attached hydrogens (tertiary/aromatic N) is 1. The van der Waals surface area contributed by atoms with Gasteiger partial charge in [0.15, 0.2) is 0 Å². The van der Waals surface area contributed by atoms with E-state index in [-0.39, 0.29) is 0 Å². The Morgan fingerprint density at radius 2 is 1.88 bits per heavy atom. The Balaban J connectivity index is 1.98. The van der Waals surface area contributed by atoms with Crippen LogP contribution in [0.3, 0.4) is 0 Å². The van der Waals surface area contributed by atoms with E-state index in [1.165, 1.54) is 19.3 Å². The minimum absolute atomic E-state index is 0.677. The zero-order valence-corrected chi connectivity index (χ0v) is 11.2. The summed E-state index contributed by atoms with van der Waals surface area (Å²) in [7, 11) is 1.94. The summed E-state index contributed by atoms with van der Waals surface area (Å²) in [5.41, 5.74) is 0. The summed E-state index contributed by atoms with van der Waals surface area (Å²) in [5.74, 6) is 2.12. The van der Waals surface area contributed by atoms with E-state index in [4.69, 9.17) is 4.42 Å². The number of furan rings is 1. The summed E-state index contributed by atoms with van der Waals surface area (Å²) in [6.45, 7) is 6.41. The number of hydrogen-bond acceptors (Lipinski definition) is 3. The lowest BCUT2D eigenvalue weighted by atomic mass is 9.97. The quantitative estimate of drug-likeness (QED) is 0.871. The Labute approximate surface area is 104 Å². The normalized spacial score (nSPS) is 26.3. The van der Waals surface area contributed by atoms with Crippen LogP contribution in [0.15, 0.2) is 16.5 Å². The van der Waals surface area contributed by atoms with Crippen molar-refractivity contribution in [3.8, 4) is 0 Å². The molecule has 1 aromatic rings. The summed E-state index contributed by atoms with van der Waals surface area (Å²) < 4.78 is 5.82. The molecule has 1 fully saturated rings. The monoisotopic (exact) mass is 236 g/mol. The number of likely N-dealkylation sites (tertiary alicyclic amines) is 1. The van der Waals surface area contributed by atoms with Gasteiger partial charge in [0.25, 0.3) is 0 Å². The average Bonchev–Trinajstić information content (AvgIpc) is 2.72. The van der Waals surface area contributed by atoms with Gasteiger partial charge in [-0.15, -0.1) is 0 Å². The highest BCUT2D eigenvalue weighted by Crippen LogP contribution is 2.25. The van der Waals surface area contributed by atoms with E-state index in [1.54, 1.807) is 0 Å². The predicted octanol–water partition coefficient (Wildman–Crippen LogP) is 2.76. The van der Waals surface area contributed by atoms with Gasteiger partial charge in [0, 0.05) is 12.1 Å². The molecule has 2 rings (SSSR count). The lowest BCUT2D eigenvalue weighted by molar-refractivity contribution is 0.0867. The van der Waals surface area contributed by atoms with E-state index in [0.717, 1.165) is 24.6 Å². The van der Waals surface area contributed by atoms with Gasteiger partial charge in [-0.2, -0.15) is 0 Å². The van der Waals surface area contributed by atoms with Crippen molar-refractivity contribution in [1.82, 2.24) is 10.2 Å². The van der Waals surface area contributed by atoms with Crippen molar-refractivity contribution < 1.29 is 4.42 Å². The molecule has 2 heterocycles. The molecule has 0 aromatic carbocycles. The van der Waals surface area contributed by atoms with Gasteiger partial charge in [-0.05, 0) is 45.9 Å². The Hall–Kier alpha value is -0.800. The standard InChI is InChI=1S/C14H24N2O/c1-11-5-4-6-12(2)16(11)10-14-8-7-13(17-14)9-15-3/h7-8,11-12,15H,4-6,9-10H2,1-3H3/t11-,12+. The van der Waals surface area contributed by atoms with Crippen LogP contribution in [0.1, 0.15) is 44.6 Å². The van der Waals surface area contributed by atoms with Crippen LogP contribution < -0.4 is 5.32 Å². The van der Waals surface area contributed by atoms with Crippen LogP contribution in [0.25, 0.3) is 0 Å². The van der Waals surface area contributed by atoms with E-state index in [0.29, 0.717) is 12.1 Å². The topological polar surface area (TPSA) is 28.4 Å². The van der Waals surface area contributed by atoms with Gasteiger partial charge in [-0.3, -0.25) is 4.90 Å². The first-order valence-corrected chi connectivity index (χ1v) is 6.68. The van der Waals surface area contributed by atoms with E-state index in [9.17, 15) is 0 Å². The Bertz CT molecular complexity index is 338. The molecule has 1 aromatic heterocycles. The van der Waals surface area contributed by atoms with Gasteiger partial charge in [0.1, 0.15) is 11.5 Å². The molecule has 3 heteroatoms. The van der Waals surface area contributed by atoms with Crippen molar-refractivity contribution in [3.05, 3.63) is 23.7 Å². The molecule has 2 atom stereocenters. The van der Waals surface area contributed by atoms with Gasteiger partial charge < -0.3 is 9.73 Å². The minimum atomic E-state index is 0.677. The molecule has 1 aliphatic heterocycles. The summed E-state index contributed by atoms with van der Waals surface area (Å²) in [6.07, 6.45) is 3.99. The summed E-state index contributed by atoms with van der Waals surface area (Å²) in [6, 6.07) is 5.54. The molecule has 0 aliphatic carbocycles. The Morgan fingerprint density at radius 3 is 2.53 bits per heavy atom. The first-order chi connectivity index (χ1) is 8.20. The summed E-state index contributed by atoms with van der Waals surface area (Å²) >= 11 is 0. The van der Waals surface area contributed by atoms with Gasteiger partial charge in [-0.25, -0.2) is 0 Å². The Kier molecular flexibility index (Phi) is 4.24. The fraction of sp³-hybridized carbons (Fsp3) is 0.714. The maximum atomic E-state index is 5.82. The zero-order chi connectivity index (χ0) is 12.3. The minimum Gasteiger partial charge on any atom is -0.463 e. The van der Waals surface area contributed by atoms with Crippen molar-refractivity contribution in [1.29, 1.82) is 0 Å². The third-order valence-electron chi connectivity index (χ3n) is 3.78. The molecule has 3 nitrogen and oxygen atoms in total. The highest BCUT2D eigenvalue weighted by atomic mass is 16.3. The third-order valence-corrected chi connectivity index (χ3v) is 3.78. The van der Waals surface area contributed by atoms with Crippen LogP contribution >= 0.6 is 0 Å². The molecule has 0 spiro atoms. The maximum Gasteiger partial charge on any atom is 0.118 e. The molecule has 0 radical (unpaired) electrons. The fourth-order valence-electron chi connectivity index (χ4n) is 2.74. The van der Waals surface area contributed by atoms with E-state index >= 15 is 0 Å². The van der Waals surface area contributed by atoms with Crippen LogP contribution in [-0.4, -0.2) is 24.0 Å². The molecule has 0 saturated carbocycles. The SMILES string of the molecule is CNCc1ccc(CN2[C@H](C)CCC[C@@H]2C)o1. The number of piperidine rings is 1. The van der Waals surface area contributed by atoms with Crippen molar-refractivity contribution >= 4 is 0 Å². The number of rotatable bonds is 4. The zero-order valence-electron chi connectivity index (χ0n) is 11.2. The number of hydrogen-bond donors (Lipinski definition) is 1. The summed E-state index contributed by atoms with van der Waals surface area (Å²) in [5, 5.41) is 3.11. The molecule has 0 bridgehead atoms. The fourth-order valence-corrected chi connectivity index (χ4v) is 2.74. The van der Waals surface area contributed by atoms with Gasteiger partial charge in [0.05, 0.1) is 13.1 Å². The molecule has 1 aliphatic rings. The van der Waals surface area contributed by atoms with Crippen LogP contribution in [-0.2, 0) is 13.1 Å². The van der Waals surface area contributed by atoms with Crippen LogP contribution in [0.4, 0.5) is 0 Å². The highest BCUT2D eigenvalue weighted by molar-refractivity contribution is 5.07. The van der Waals surface area contributed by atoms with E-state index in [1.807, 2.05) is 7.05 Å². The van der Waals surface area contributed by atoms with Crippen molar-refractivity contribution in [3.63, 3.8) is 0 Å². The van der Waals surface area contributed by atoms with E-state index in [2.05, 4.69) is 36.2 Å². The van der Waals surface area contributed by atoms with Crippen LogP contribution in [0, 0.1) is 0 Å². The predicted molar refractivity (Wildman–Crippen MR) is 69.8 cm³/mol. The Morgan fingerprint density at radius 1 is 1.24 bits per heavy atom. The molecule has 1 N–H and O–H groups in total. The van der Waals surface area contributed by atoms with Crippen LogP contribution in [0.2, 0.25) is 0 Å². The van der Waals surface area contributed by atoms with Crippen molar-refractivity contribution in [2.24, 2.45) is 0 Å². The first kappa shape index (κ1) is 12.7. The van der Waals surface area contributed by atoms with Crippen LogP contribution in [0.5, 0.6) is 0 Å². The molecule has 96 valence electrons. The van der Waals surface area contributed by atoms with Gasteiger partial charge in [-0.1, -0.05) is 6.42 Å². The molecule has 1 saturated heterocycles. The molecule has 0 unspecified atom stereocenters. The van der Waals surface area contributed by atoms with Gasteiger partial charge >= 0.3 is 0 Å². The van der Waals surface area contributed by atoms with Crippen molar-refractivity contribution in [2.45, 2.75) is 58.3 Å². The first-order valence-electron chi connectivity index (χ1n) is 6.68. The number of nitrogens with one attached hydrogen (secondary N) is 1. The summed E-state index contributed by atoms with van der Waals surface area (Å²) in [4.78, 5) is 2.56. The third kappa shape index (κ3) is 3.11. The maximum absolute atomic E-state index is 5.82. The second kappa shape index (κ2) is 5.69. The van der Waals surface area contributed by atoms with Gasteiger partial charge in [0.2, 0.25) is 0 Å². The molecule has 17 heavy (non-hydrogen) atoms. The second-order valence-corrected chi connectivity index (χ2v) is 5.20. The molecule has 0 amide bonds. The smallest absolute Gasteiger partial charge is 0.118 e. The lowest BCUT2D eigenvalue weighted by Crippen LogP contribution is -2.42. The average molecular weight is 236 g/mol. The lowest BCUT2D eigenvalue weighted by Gasteiger charge is -2.38. The molecular weight excluding hydrogens is 212 g/mol. The largest absolute Gasteiger partial charge is 0.463 e. The molecular formula is C14H24N2O. The second-order valence-electron chi connectivity index (χ2n) is 5.20. The van der Waals surface area contributed by atoms with E-state index < -0.39 is 0 Å². The highest BCUT2D eigenvalue weighted by Gasteiger charge is 2.25.